The number of rotatable bonds is 0. The number of carbonyl (C=O) groups excluding carboxylic acids is 1. The number of hydrogen-bond donors (Lipinski definition) is 1. The van der Waals surface area contributed by atoms with Crippen molar-refractivity contribution in [2.75, 3.05) is 0 Å². The van der Waals surface area contributed by atoms with Gasteiger partial charge in [0.25, 0.3) is 0 Å². The molecule has 0 saturated heterocycles. The molecule has 0 radical (unpaired) electrons. The van der Waals surface area contributed by atoms with E-state index in [1.165, 1.54) is 6.07 Å². The van der Waals surface area contributed by atoms with Crippen LogP contribution in [0.2, 0.25) is 0 Å². The van der Waals surface area contributed by atoms with Crippen molar-refractivity contribution < 1.29 is 9.90 Å². The van der Waals surface area contributed by atoms with Crippen molar-refractivity contribution in [3.05, 3.63) is 55.7 Å². The minimum atomic E-state index is -0.0873. The van der Waals surface area contributed by atoms with Gasteiger partial charge in [-0.05, 0) is 74.0 Å². The third-order valence-corrected chi connectivity index (χ3v) is 4.58. The number of fused-ring (bicyclic) bond motifs is 2. The Morgan fingerprint density at radius 3 is 2.79 bits per heavy atom. The Balaban J connectivity index is 2.22. The summed E-state index contributed by atoms with van der Waals surface area (Å²) < 4.78 is 1.47. The van der Waals surface area contributed by atoms with Crippen molar-refractivity contribution in [2.24, 2.45) is 0 Å². The van der Waals surface area contributed by atoms with E-state index in [1.54, 1.807) is 12.3 Å². The van der Waals surface area contributed by atoms with Gasteiger partial charge in [-0.1, -0.05) is 0 Å². The number of nitrogens with zero attached hydrogens (tertiary/aromatic N) is 1. The van der Waals surface area contributed by atoms with E-state index in [0.717, 1.165) is 22.0 Å². The molecule has 0 aliphatic heterocycles. The molecule has 1 aliphatic rings. The summed E-state index contributed by atoms with van der Waals surface area (Å²) in [7, 11) is 0. The molecule has 19 heavy (non-hydrogen) atoms. The molecule has 0 atom stereocenters. The highest BCUT2D eigenvalue weighted by molar-refractivity contribution is 9.10. The van der Waals surface area contributed by atoms with Crippen LogP contribution in [0.1, 0.15) is 27.2 Å². The lowest BCUT2D eigenvalue weighted by atomic mass is 10.0. The van der Waals surface area contributed by atoms with E-state index in [9.17, 15) is 9.90 Å². The number of aromatic hydroxyl groups is 1. The number of aryl methyl sites for hydroxylation is 1. The molecule has 0 bridgehead atoms. The number of carbonyl (C=O) groups is 1. The summed E-state index contributed by atoms with van der Waals surface area (Å²) in [6.07, 6.45) is 3.06. The number of aromatic nitrogens is 1. The van der Waals surface area contributed by atoms with Crippen LogP contribution in [0, 0.1) is 0 Å². The van der Waals surface area contributed by atoms with Gasteiger partial charge in [-0.3, -0.25) is 9.78 Å². The molecule has 5 heteroatoms. The largest absolute Gasteiger partial charge is 0.507 e. The maximum absolute atomic E-state index is 12.5. The molecule has 3 nitrogen and oxygen atoms in total. The molecule has 0 saturated carbocycles. The van der Waals surface area contributed by atoms with Gasteiger partial charge in [-0.2, -0.15) is 0 Å². The van der Waals surface area contributed by atoms with E-state index in [-0.39, 0.29) is 11.5 Å². The van der Waals surface area contributed by atoms with Gasteiger partial charge in [0.2, 0.25) is 5.78 Å². The molecular weight excluding hydrogens is 374 g/mol. The lowest BCUT2D eigenvalue weighted by Gasteiger charge is -2.08. The first-order chi connectivity index (χ1) is 9.08. The maximum Gasteiger partial charge on any atom is 0.211 e. The van der Waals surface area contributed by atoms with Crippen molar-refractivity contribution >= 4 is 37.6 Å². The van der Waals surface area contributed by atoms with Gasteiger partial charge in [0.05, 0.1) is 4.47 Å². The van der Waals surface area contributed by atoms with Crippen molar-refractivity contribution in [3.8, 4) is 5.75 Å². The van der Waals surface area contributed by atoms with E-state index in [0.29, 0.717) is 22.2 Å². The highest BCUT2D eigenvalue weighted by atomic mass is 79.9. The van der Waals surface area contributed by atoms with Crippen LogP contribution in [0.3, 0.4) is 0 Å². The van der Waals surface area contributed by atoms with Gasteiger partial charge in [0, 0.05) is 16.2 Å². The number of pyridine rings is 1. The first-order valence-electron chi connectivity index (χ1n) is 5.77. The zero-order chi connectivity index (χ0) is 13.6. The van der Waals surface area contributed by atoms with Crippen LogP contribution in [0.5, 0.6) is 5.75 Å². The van der Waals surface area contributed by atoms with E-state index in [2.05, 4.69) is 36.8 Å². The SMILES string of the molecule is O=C1c2ccc(O)c(Br)c2CCc2cc(Br)cnc21. The summed E-state index contributed by atoms with van der Waals surface area (Å²) in [5.74, 6) is 0.0716. The summed E-state index contributed by atoms with van der Waals surface area (Å²) in [6.45, 7) is 0. The average Bonchev–Trinajstić information content (AvgIpc) is 2.52. The Kier molecular flexibility index (Phi) is 3.19. The predicted molar refractivity (Wildman–Crippen MR) is 78.6 cm³/mol. The first-order valence-corrected chi connectivity index (χ1v) is 7.36. The highest BCUT2D eigenvalue weighted by Gasteiger charge is 2.25. The van der Waals surface area contributed by atoms with Crippen LogP contribution < -0.4 is 0 Å². The Morgan fingerprint density at radius 1 is 1.21 bits per heavy atom. The van der Waals surface area contributed by atoms with E-state index in [1.807, 2.05) is 6.07 Å². The van der Waals surface area contributed by atoms with Crippen LogP contribution in [0.25, 0.3) is 0 Å². The van der Waals surface area contributed by atoms with Crippen LogP contribution in [-0.4, -0.2) is 15.9 Å². The predicted octanol–water partition coefficient (Wildman–Crippen LogP) is 3.64. The molecule has 3 rings (SSSR count). The molecule has 1 aliphatic carbocycles. The number of halogens is 2. The zero-order valence-electron chi connectivity index (χ0n) is 9.78. The molecule has 0 amide bonds. The molecule has 2 aromatic rings. The van der Waals surface area contributed by atoms with Gasteiger partial charge in [-0.25, -0.2) is 0 Å². The van der Waals surface area contributed by atoms with Gasteiger partial charge >= 0.3 is 0 Å². The van der Waals surface area contributed by atoms with Gasteiger partial charge in [0.1, 0.15) is 11.4 Å². The lowest BCUT2D eigenvalue weighted by molar-refractivity contribution is 0.103. The molecular formula is C14H9Br2NO2. The third-order valence-electron chi connectivity index (χ3n) is 3.26. The Bertz CT molecular complexity index is 698. The molecule has 1 aromatic carbocycles. The van der Waals surface area contributed by atoms with Crippen LogP contribution in [-0.2, 0) is 12.8 Å². The normalized spacial score (nSPS) is 13.7. The van der Waals surface area contributed by atoms with Crippen molar-refractivity contribution in [1.29, 1.82) is 0 Å². The van der Waals surface area contributed by atoms with Crippen LogP contribution in [0.4, 0.5) is 0 Å². The summed E-state index contributed by atoms with van der Waals surface area (Å²) in [5.41, 5.74) is 2.89. The molecule has 1 N–H and O–H groups in total. The third kappa shape index (κ3) is 2.11. The first kappa shape index (κ1) is 12.8. The number of phenols is 1. The molecule has 0 fully saturated rings. The monoisotopic (exact) mass is 381 g/mol. The molecule has 0 unspecified atom stereocenters. The van der Waals surface area contributed by atoms with E-state index < -0.39 is 0 Å². The minimum absolute atomic E-state index is 0.0873. The highest BCUT2D eigenvalue weighted by Crippen LogP contribution is 2.34. The summed E-state index contributed by atoms with van der Waals surface area (Å²) in [6, 6.07) is 5.13. The van der Waals surface area contributed by atoms with Crippen LogP contribution >= 0.6 is 31.9 Å². The van der Waals surface area contributed by atoms with E-state index in [4.69, 9.17) is 0 Å². The molecule has 96 valence electrons. The fraction of sp³-hybridized carbons (Fsp3) is 0.143. The van der Waals surface area contributed by atoms with Crippen molar-refractivity contribution in [1.82, 2.24) is 4.98 Å². The number of ketones is 1. The summed E-state index contributed by atoms with van der Waals surface area (Å²) in [4.78, 5) is 16.8. The summed E-state index contributed by atoms with van der Waals surface area (Å²) >= 11 is 6.73. The fourth-order valence-electron chi connectivity index (χ4n) is 2.33. The second kappa shape index (κ2) is 4.72. The lowest BCUT2D eigenvalue weighted by Crippen LogP contribution is -2.07. The second-order valence-corrected chi connectivity index (χ2v) is 6.12. The fourth-order valence-corrected chi connectivity index (χ4v) is 3.25. The van der Waals surface area contributed by atoms with Crippen molar-refractivity contribution in [3.63, 3.8) is 0 Å². The maximum atomic E-state index is 12.5. The Hall–Kier alpha value is -1.20. The topological polar surface area (TPSA) is 50.2 Å². The average molecular weight is 383 g/mol. The Morgan fingerprint density at radius 2 is 2.00 bits per heavy atom. The zero-order valence-corrected chi connectivity index (χ0v) is 13.0. The summed E-state index contributed by atoms with van der Waals surface area (Å²) in [5, 5.41) is 9.73. The Labute approximate surface area is 126 Å². The smallest absolute Gasteiger partial charge is 0.211 e. The quantitative estimate of drug-likeness (QED) is 0.756. The standard InChI is InChI=1S/C14H9Br2NO2/c15-8-5-7-1-2-9-10(3-4-11(18)12(9)16)14(19)13(7)17-6-8/h3-6,18H,1-2H2. The number of benzene rings is 1. The molecule has 0 spiro atoms. The number of phenolic OH excluding ortho intramolecular Hbond substituents is 1. The van der Waals surface area contributed by atoms with Crippen LogP contribution in [0.15, 0.2) is 33.3 Å². The second-order valence-electron chi connectivity index (χ2n) is 4.42. The van der Waals surface area contributed by atoms with Gasteiger partial charge < -0.3 is 5.11 Å². The minimum Gasteiger partial charge on any atom is -0.507 e. The van der Waals surface area contributed by atoms with E-state index >= 15 is 0 Å². The molecule has 1 heterocycles. The number of hydrogen-bond acceptors (Lipinski definition) is 3. The van der Waals surface area contributed by atoms with Gasteiger partial charge in [0.15, 0.2) is 0 Å². The molecule has 1 aromatic heterocycles. The van der Waals surface area contributed by atoms with Gasteiger partial charge in [-0.15, -0.1) is 0 Å². The van der Waals surface area contributed by atoms with Crippen molar-refractivity contribution in [2.45, 2.75) is 12.8 Å².